The molecule has 0 bridgehead atoms. The normalized spacial score (nSPS) is 27.2. The quantitative estimate of drug-likeness (QED) is 0.892. The van der Waals surface area contributed by atoms with E-state index in [9.17, 15) is 0 Å². The summed E-state index contributed by atoms with van der Waals surface area (Å²) in [6.45, 7) is 10.5. The highest BCUT2D eigenvalue weighted by Crippen LogP contribution is 2.35. The largest absolute Gasteiger partial charge is 0.311 e. The van der Waals surface area contributed by atoms with Crippen LogP contribution in [0.2, 0.25) is 0 Å². The fourth-order valence-electron chi connectivity index (χ4n) is 3.78. The third kappa shape index (κ3) is 3.49. The van der Waals surface area contributed by atoms with Crippen molar-refractivity contribution < 1.29 is 0 Å². The molecule has 0 amide bonds. The molecule has 2 fully saturated rings. The van der Waals surface area contributed by atoms with Gasteiger partial charge in [0.2, 0.25) is 0 Å². The van der Waals surface area contributed by atoms with Crippen LogP contribution >= 0.6 is 0 Å². The van der Waals surface area contributed by atoms with Gasteiger partial charge in [0.15, 0.2) is 0 Å². The second-order valence-corrected chi connectivity index (χ2v) is 7.22. The zero-order valence-corrected chi connectivity index (χ0v) is 13.8. The molecule has 2 nitrogen and oxygen atoms in total. The summed E-state index contributed by atoms with van der Waals surface area (Å²) in [5.74, 6) is 1.66. The first-order valence-corrected chi connectivity index (χ1v) is 8.73. The first-order chi connectivity index (χ1) is 10.2. The van der Waals surface area contributed by atoms with Crippen molar-refractivity contribution in [3.05, 3.63) is 35.4 Å². The average molecular weight is 286 g/mol. The smallest absolute Gasteiger partial charge is 0.0247 e. The van der Waals surface area contributed by atoms with Gasteiger partial charge in [0.1, 0.15) is 0 Å². The molecule has 21 heavy (non-hydrogen) atoms. The number of hydrogen-bond donors (Lipinski definition) is 1. The Bertz CT molecular complexity index is 464. The van der Waals surface area contributed by atoms with Crippen LogP contribution in [0, 0.1) is 11.8 Å². The highest BCUT2D eigenvalue weighted by Gasteiger charge is 2.37. The first kappa shape index (κ1) is 15.1. The van der Waals surface area contributed by atoms with E-state index in [4.69, 9.17) is 0 Å². The van der Waals surface area contributed by atoms with Crippen LogP contribution < -0.4 is 5.32 Å². The summed E-state index contributed by atoms with van der Waals surface area (Å²) < 4.78 is 0. The van der Waals surface area contributed by atoms with E-state index in [0.29, 0.717) is 12.0 Å². The molecule has 0 radical (unpaired) electrons. The number of nitrogens with one attached hydrogen (secondary N) is 1. The Morgan fingerprint density at radius 2 is 1.90 bits per heavy atom. The van der Waals surface area contributed by atoms with Gasteiger partial charge in [-0.25, -0.2) is 0 Å². The highest BCUT2D eigenvalue weighted by molar-refractivity contribution is 5.27. The lowest BCUT2D eigenvalue weighted by Gasteiger charge is -2.43. The summed E-state index contributed by atoms with van der Waals surface area (Å²) in [6, 6.07) is 10.4. The molecule has 116 valence electrons. The maximum absolute atomic E-state index is 3.82. The van der Waals surface area contributed by atoms with Crippen molar-refractivity contribution in [2.75, 3.05) is 13.1 Å². The van der Waals surface area contributed by atoms with Crippen LogP contribution in [0.1, 0.15) is 44.7 Å². The summed E-state index contributed by atoms with van der Waals surface area (Å²) >= 11 is 0. The molecular weight excluding hydrogens is 256 g/mol. The Morgan fingerprint density at radius 3 is 2.52 bits per heavy atom. The van der Waals surface area contributed by atoms with Gasteiger partial charge in [0.25, 0.3) is 0 Å². The van der Waals surface area contributed by atoms with Crippen molar-refractivity contribution >= 4 is 0 Å². The minimum Gasteiger partial charge on any atom is -0.311 e. The Morgan fingerprint density at radius 1 is 1.19 bits per heavy atom. The van der Waals surface area contributed by atoms with Crippen molar-refractivity contribution in [2.24, 2.45) is 11.8 Å². The number of nitrogens with zero attached hydrogens (tertiary/aromatic N) is 1. The minimum absolute atomic E-state index is 0.671. The maximum Gasteiger partial charge on any atom is 0.0247 e. The van der Waals surface area contributed by atoms with Crippen molar-refractivity contribution in [3.63, 3.8) is 0 Å². The van der Waals surface area contributed by atoms with Gasteiger partial charge in [0, 0.05) is 31.7 Å². The van der Waals surface area contributed by atoms with E-state index in [2.05, 4.69) is 55.3 Å². The molecule has 1 saturated heterocycles. The Labute approximate surface area is 129 Å². The first-order valence-electron chi connectivity index (χ1n) is 8.73. The van der Waals surface area contributed by atoms with E-state index < -0.39 is 0 Å². The third-order valence-electron chi connectivity index (χ3n) is 5.32. The predicted molar refractivity (Wildman–Crippen MR) is 89.4 cm³/mol. The van der Waals surface area contributed by atoms with Crippen LogP contribution in [0.15, 0.2) is 24.3 Å². The van der Waals surface area contributed by atoms with Gasteiger partial charge in [0.05, 0.1) is 0 Å². The zero-order chi connectivity index (χ0) is 14.8. The molecule has 1 aliphatic carbocycles. The maximum atomic E-state index is 3.82. The van der Waals surface area contributed by atoms with E-state index in [1.807, 2.05) is 0 Å². The lowest BCUT2D eigenvalue weighted by Crippen LogP contribution is -2.58. The number of aryl methyl sites for hydroxylation is 1. The van der Waals surface area contributed by atoms with E-state index in [1.165, 1.54) is 30.5 Å². The second-order valence-electron chi connectivity index (χ2n) is 7.22. The van der Waals surface area contributed by atoms with Crippen molar-refractivity contribution in [3.8, 4) is 0 Å². The van der Waals surface area contributed by atoms with Crippen LogP contribution in [0.25, 0.3) is 0 Å². The minimum atomic E-state index is 0.671. The summed E-state index contributed by atoms with van der Waals surface area (Å²) in [4.78, 5) is 2.75. The molecule has 1 saturated carbocycles. The number of rotatable bonds is 5. The van der Waals surface area contributed by atoms with Crippen LogP contribution in [0.3, 0.4) is 0 Å². The van der Waals surface area contributed by atoms with E-state index in [-0.39, 0.29) is 0 Å². The predicted octanol–water partition coefficient (Wildman–Crippen LogP) is 3.46. The molecule has 1 N–H and O–H groups in total. The lowest BCUT2D eigenvalue weighted by molar-refractivity contribution is 0.0850. The van der Waals surface area contributed by atoms with Gasteiger partial charge in [-0.05, 0) is 42.2 Å². The van der Waals surface area contributed by atoms with Crippen molar-refractivity contribution in [2.45, 2.75) is 58.7 Å². The fraction of sp³-hybridized carbons (Fsp3) is 0.684. The van der Waals surface area contributed by atoms with Crippen LogP contribution in [-0.4, -0.2) is 30.1 Å². The Hall–Kier alpha value is -0.860. The van der Waals surface area contributed by atoms with E-state index in [0.717, 1.165) is 31.5 Å². The molecule has 2 unspecified atom stereocenters. The number of hydrogen-bond acceptors (Lipinski definition) is 2. The average Bonchev–Trinajstić information content (AvgIpc) is 3.32. The molecular formula is C19H30N2. The zero-order valence-electron chi connectivity index (χ0n) is 13.8. The number of piperazine rings is 1. The molecule has 2 heteroatoms. The number of benzene rings is 1. The molecule has 0 spiro atoms. The van der Waals surface area contributed by atoms with Gasteiger partial charge in [-0.15, -0.1) is 0 Å². The van der Waals surface area contributed by atoms with Gasteiger partial charge < -0.3 is 5.32 Å². The highest BCUT2D eigenvalue weighted by atomic mass is 15.2. The van der Waals surface area contributed by atoms with Gasteiger partial charge in [-0.1, -0.05) is 45.0 Å². The third-order valence-corrected chi connectivity index (χ3v) is 5.32. The summed E-state index contributed by atoms with van der Waals surface area (Å²) in [7, 11) is 0. The van der Waals surface area contributed by atoms with Crippen molar-refractivity contribution in [1.82, 2.24) is 10.2 Å². The van der Waals surface area contributed by atoms with Crippen LogP contribution in [-0.2, 0) is 13.0 Å². The van der Waals surface area contributed by atoms with Gasteiger partial charge in [-0.3, -0.25) is 4.90 Å². The van der Waals surface area contributed by atoms with Crippen LogP contribution in [0.4, 0.5) is 0 Å². The molecule has 3 rings (SSSR count). The Kier molecular flexibility index (Phi) is 4.66. The van der Waals surface area contributed by atoms with Gasteiger partial charge >= 0.3 is 0 Å². The van der Waals surface area contributed by atoms with Crippen molar-refractivity contribution in [1.29, 1.82) is 0 Å². The summed E-state index contributed by atoms with van der Waals surface area (Å²) in [6.07, 6.45) is 4.01. The molecule has 2 atom stereocenters. The van der Waals surface area contributed by atoms with E-state index >= 15 is 0 Å². The topological polar surface area (TPSA) is 15.3 Å². The molecule has 1 aliphatic heterocycles. The lowest BCUT2D eigenvalue weighted by atomic mass is 9.95. The molecule has 0 aromatic heterocycles. The Balaban J connectivity index is 1.74. The van der Waals surface area contributed by atoms with Gasteiger partial charge in [-0.2, -0.15) is 0 Å². The molecule has 2 aliphatic rings. The monoisotopic (exact) mass is 286 g/mol. The fourth-order valence-corrected chi connectivity index (χ4v) is 3.78. The molecule has 1 heterocycles. The summed E-state index contributed by atoms with van der Waals surface area (Å²) in [5.41, 5.74) is 3.05. The van der Waals surface area contributed by atoms with E-state index in [1.54, 1.807) is 0 Å². The standard InChI is InChI=1S/C19H30N2/c1-4-15-7-5-6-8-17(15)12-21-13-18(16-9-10-16)20-11-19(21)14(2)3/h5-8,14,16,18-20H,4,9-13H2,1-3H3. The SMILES string of the molecule is CCc1ccccc1CN1CC(C2CC2)NCC1C(C)C. The van der Waals surface area contributed by atoms with Crippen LogP contribution in [0.5, 0.6) is 0 Å². The molecule has 1 aromatic carbocycles. The molecule has 1 aromatic rings. The second kappa shape index (κ2) is 6.50. The summed E-state index contributed by atoms with van der Waals surface area (Å²) in [5, 5.41) is 3.82.